The predicted molar refractivity (Wildman–Crippen MR) is 134 cm³/mol. The smallest absolute Gasteiger partial charge is 0.276 e. The molecule has 0 atom stereocenters. The lowest BCUT2D eigenvalue weighted by Gasteiger charge is -2.11. The first-order valence-corrected chi connectivity index (χ1v) is 11.9. The quantitative estimate of drug-likeness (QED) is 0.399. The van der Waals surface area contributed by atoms with Gasteiger partial charge in [-0.3, -0.25) is 4.79 Å². The summed E-state index contributed by atoms with van der Waals surface area (Å²) in [5, 5.41) is 18.8. The lowest BCUT2D eigenvalue weighted by Crippen LogP contribution is -2.22. The van der Waals surface area contributed by atoms with E-state index in [2.05, 4.69) is 65.0 Å². The van der Waals surface area contributed by atoms with Gasteiger partial charge in [0.25, 0.3) is 5.56 Å². The Labute approximate surface area is 195 Å². The predicted octanol–water partition coefficient (Wildman–Crippen LogP) is 4.75. The standard InChI is InChI=1S/C26H26N4O2S/c1-16(2)11-22-21-14-30(13-18-9-6-8-17-7-4-5-10-20(17)18)24(23(21)26(32)29(3)28-22)25-27-12-19(15-31)33-25/h4-10,12,14,16,31H,11,13,15H2,1-3H3. The maximum atomic E-state index is 13.3. The van der Waals surface area contributed by atoms with Crippen LogP contribution < -0.4 is 5.56 Å². The molecule has 5 rings (SSSR count). The second kappa shape index (κ2) is 8.57. The van der Waals surface area contributed by atoms with E-state index in [0.717, 1.165) is 33.1 Å². The van der Waals surface area contributed by atoms with Crippen molar-refractivity contribution in [2.24, 2.45) is 13.0 Å². The van der Waals surface area contributed by atoms with Gasteiger partial charge in [-0.1, -0.05) is 56.3 Å². The maximum absolute atomic E-state index is 13.3. The highest BCUT2D eigenvalue weighted by Crippen LogP contribution is 2.34. The van der Waals surface area contributed by atoms with E-state index in [4.69, 9.17) is 0 Å². The summed E-state index contributed by atoms with van der Waals surface area (Å²) >= 11 is 1.42. The number of benzene rings is 2. The summed E-state index contributed by atoms with van der Waals surface area (Å²) in [6.07, 6.45) is 4.52. The second-order valence-corrected chi connectivity index (χ2v) is 9.91. The van der Waals surface area contributed by atoms with Crippen molar-refractivity contribution >= 4 is 32.9 Å². The van der Waals surface area contributed by atoms with Gasteiger partial charge in [-0.2, -0.15) is 5.10 Å². The van der Waals surface area contributed by atoms with Crippen LogP contribution in [0.1, 0.15) is 30.0 Å². The van der Waals surface area contributed by atoms with Gasteiger partial charge in [0, 0.05) is 31.4 Å². The van der Waals surface area contributed by atoms with E-state index in [0.29, 0.717) is 17.8 Å². The molecule has 3 heterocycles. The summed E-state index contributed by atoms with van der Waals surface area (Å²) in [4.78, 5) is 18.7. The summed E-state index contributed by atoms with van der Waals surface area (Å²) in [6, 6.07) is 14.6. The summed E-state index contributed by atoms with van der Waals surface area (Å²) < 4.78 is 3.56. The minimum absolute atomic E-state index is 0.0716. The van der Waals surface area contributed by atoms with Gasteiger partial charge in [0.1, 0.15) is 5.01 Å². The molecule has 0 saturated heterocycles. The number of aliphatic hydroxyl groups excluding tert-OH is 1. The molecular formula is C26H26N4O2S. The Hall–Kier alpha value is -3.29. The SMILES string of the molecule is CC(C)Cc1nn(C)c(=O)c2c(-c3ncc(CO)s3)n(Cc3cccc4ccccc34)cc12. The second-order valence-electron chi connectivity index (χ2n) is 8.80. The molecule has 3 aromatic heterocycles. The molecule has 0 aliphatic heterocycles. The zero-order valence-corrected chi connectivity index (χ0v) is 19.8. The Morgan fingerprint density at radius 3 is 2.64 bits per heavy atom. The number of fused-ring (bicyclic) bond motifs is 2. The van der Waals surface area contributed by atoms with Crippen molar-refractivity contribution in [1.82, 2.24) is 19.3 Å². The number of nitrogens with zero attached hydrogens (tertiary/aromatic N) is 4. The van der Waals surface area contributed by atoms with Gasteiger partial charge in [0.15, 0.2) is 0 Å². The average molecular weight is 459 g/mol. The number of hydrogen-bond acceptors (Lipinski definition) is 5. The van der Waals surface area contributed by atoms with Gasteiger partial charge in [0.2, 0.25) is 0 Å². The topological polar surface area (TPSA) is 72.9 Å². The minimum Gasteiger partial charge on any atom is -0.391 e. The molecule has 2 aromatic carbocycles. The summed E-state index contributed by atoms with van der Waals surface area (Å²) in [7, 11) is 1.71. The van der Waals surface area contributed by atoms with Crippen LogP contribution in [0.5, 0.6) is 0 Å². The van der Waals surface area contributed by atoms with Crippen molar-refractivity contribution in [2.75, 3.05) is 0 Å². The van der Waals surface area contributed by atoms with Crippen molar-refractivity contribution in [3.8, 4) is 10.7 Å². The normalized spacial score (nSPS) is 11.8. The van der Waals surface area contributed by atoms with Gasteiger partial charge >= 0.3 is 0 Å². The Morgan fingerprint density at radius 2 is 1.88 bits per heavy atom. The molecule has 0 unspecified atom stereocenters. The van der Waals surface area contributed by atoms with Crippen LogP contribution in [0.3, 0.4) is 0 Å². The van der Waals surface area contributed by atoms with E-state index in [-0.39, 0.29) is 12.2 Å². The Balaban J connectivity index is 1.79. The molecule has 1 N–H and O–H groups in total. The monoisotopic (exact) mass is 458 g/mol. The highest BCUT2D eigenvalue weighted by Gasteiger charge is 2.22. The zero-order valence-electron chi connectivity index (χ0n) is 18.9. The largest absolute Gasteiger partial charge is 0.391 e. The molecule has 168 valence electrons. The summed E-state index contributed by atoms with van der Waals surface area (Å²) in [5.74, 6) is 0.406. The molecular weight excluding hydrogens is 432 g/mol. The third-order valence-corrected chi connectivity index (χ3v) is 6.89. The van der Waals surface area contributed by atoms with Crippen molar-refractivity contribution in [2.45, 2.75) is 33.4 Å². The number of rotatable bonds is 6. The Bertz CT molecular complexity index is 1520. The molecule has 0 fully saturated rings. The van der Waals surface area contributed by atoms with E-state index in [1.807, 2.05) is 12.1 Å². The molecule has 6 nitrogen and oxygen atoms in total. The first-order valence-electron chi connectivity index (χ1n) is 11.1. The first-order chi connectivity index (χ1) is 16.0. The Kier molecular flexibility index (Phi) is 5.60. The van der Waals surface area contributed by atoms with Gasteiger partial charge in [-0.15, -0.1) is 11.3 Å². The van der Waals surface area contributed by atoms with Crippen LogP contribution in [-0.2, 0) is 26.6 Å². The maximum Gasteiger partial charge on any atom is 0.276 e. The van der Waals surface area contributed by atoms with E-state index >= 15 is 0 Å². The van der Waals surface area contributed by atoms with Crippen LogP contribution >= 0.6 is 11.3 Å². The zero-order chi connectivity index (χ0) is 23.1. The van der Waals surface area contributed by atoms with Crippen LogP contribution in [0.4, 0.5) is 0 Å². The molecule has 0 amide bonds. The van der Waals surface area contributed by atoms with Crippen molar-refractivity contribution in [1.29, 1.82) is 0 Å². The average Bonchev–Trinajstić information content (AvgIpc) is 3.42. The molecule has 0 aliphatic rings. The highest BCUT2D eigenvalue weighted by atomic mass is 32.1. The lowest BCUT2D eigenvalue weighted by molar-refractivity contribution is 0.285. The van der Waals surface area contributed by atoms with Crippen LogP contribution in [0.25, 0.3) is 32.2 Å². The molecule has 7 heteroatoms. The summed E-state index contributed by atoms with van der Waals surface area (Å²) in [5.41, 5.74) is 2.74. The number of aryl methyl sites for hydroxylation is 1. The molecule has 5 aromatic rings. The van der Waals surface area contributed by atoms with E-state index < -0.39 is 0 Å². The molecule has 0 saturated carbocycles. The van der Waals surface area contributed by atoms with E-state index in [1.165, 1.54) is 32.4 Å². The fourth-order valence-electron chi connectivity index (χ4n) is 4.43. The molecule has 0 aliphatic carbocycles. The van der Waals surface area contributed by atoms with Gasteiger partial charge in [-0.25, -0.2) is 9.67 Å². The number of thiazole rings is 1. The van der Waals surface area contributed by atoms with E-state index in [1.54, 1.807) is 13.2 Å². The number of aromatic nitrogens is 4. The number of aliphatic hydroxyl groups is 1. The molecule has 0 radical (unpaired) electrons. The minimum atomic E-state index is -0.134. The van der Waals surface area contributed by atoms with Crippen LogP contribution in [0.15, 0.2) is 59.7 Å². The van der Waals surface area contributed by atoms with Crippen molar-refractivity contribution in [3.63, 3.8) is 0 Å². The van der Waals surface area contributed by atoms with Gasteiger partial charge < -0.3 is 9.67 Å². The highest BCUT2D eigenvalue weighted by molar-refractivity contribution is 7.15. The molecule has 0 spiro atoms. The van der Waals surface area contributed by atoms with Crippen LogP contribution in [-0.4, -0.2) is 24.4 Å². The fourth-order valence-corrected chi connectivity index (χ4v) is 5.27. The Morgan fingerprint density at radius 1 is 1.09 bits per heavy atom. The van der Waals surface area contributed by atoms with Crippen molar-refractivity contribution < 1.29 is 5.11 Å². The van der Waals surface area contributed by atoms with Crippen LogP contribution in [0, 0.1) is 5.92 Å². The summed E-state index contributed by atoms with van der Waals surface area (Å²) in [6.45, 7) is 4.84. The third kappa shape index (κ3) is 3.87. The van der Waals surface area contributed by atoms with Gasteiger partial charge in [0.05, 0.1) is 28.3 Å². The number of hydrogen-bond donors (Lipinski definition) is 1. The van der Waals surface area contributed by atoms with Crippen molar-refractivity contribution in [3.05, 3.63) is 81.3 Å². The fraction of sp³-hybridized carbons (Fsp3) is 0.269. The van der Waals surface area contributed by atoms with Crippen LogP contribution in [0.2, 0.25) is 0 Å². The molecule has 0 bridgehead atoms. The van der Waals surface area contributed by atoms with E-state index in [9.17, 15) is 9.90 Å². The lowest BCUT2D eigenvalue weighted by atomic mass is 10.0. The first kappa shape index (κ1) is 21.6. The molecule has 33 heavy (non-hydrogen) atoms. The third-order valence-electron chi connectivity index (χ3n) is 5.90. The van der Waals surface area contributed by atoms with Gasteiger partial charge in [-0.05, 0) is 28.7 Å².